The van der Waals surface area contributed by atoms with Gasteiger partial charge in [-0.2, -0.15) is 0 Å². The van der Waals surface area contributed by atoms with Gasteiger partial charge in [-0.25, -0.2) is 0 Å². The molecule has 12 heavy (non-hydrogen) atoms. The van der Waals surface area contributed by atoms with Gasteiger partial charge in [0.25, 0.3) is 5.69 Å². The fraction of sp³-hybridized carbons (Fsp3) is 0.143. The van der Waals surface area contributed by atoms with Crippen LogP contribution in [0.25, 0.3) is 0 Å². The van der Waals surface area contributed by atoms with E-state index in [2.05, 4.69) is 0 Å². The van der Waals surface area contributed by atoms with Gasteiger partial charge in [0, 0.05) is 12.1 Å². The summed E-state index contributed by atoms with van der Waals surface area (Å²) in [5.74, 6) is 0. The first-order valence-corrected chi connectivity index (χ1v) is 4.76. The number of benzene rings is 1. The van der Waals surface area contributed by atoms with E-state index in [1.54, 1.807) is 12.1 Å². The molecule has 4 nitrogen and oxygen atoms in total. The molecule has 1 aromatic rings. The molecule has 0 heterocycles. The van der Waals surface area contributed by atoms with Crippen molar-refractivity contribution in [3.63, 3.8) is 0 Å². The van der Waals surface area contributed by atoms with Gasteiger partial charge in [-0.05, 0) is 17.7 Å². The third-order valence-corrected chi connectivity index (χ3v) is 2.13. The summed E-state index contributed by atoms with van der Waals surface area (Å²) in [6, 6.07) is 6.23. The number of nitrogens with zero attached hydrogens (tertiary/aromatic N) is 1. The Hall–Kier alpha value is -0.990. The molecule has 0 fully saturated rings. The molecule has 0 saturated carbocycles. The first kappa shape index (κ1) is 9.10. The van der Waals surface area contributed by atoms with Crippen LogP contribution in [0.4, 0.5) is 5.69 Å². The summed E-state index contributed by atoms with van der Waals surface area (Å²) in [5, 5.41) is 10.2. The summed E-state index contributed by atoms with van der Waals surface area (Å²) in [4.78, 5) is 18.4. The van der Waals surface area contributed by atoms with Crippen LogP contribution >= 0.6 is 8.81 Å². The normalized spacial score (nSPS) is 10.8. The van der Waals surface area contributed by atoms with Gasteiger partial charge in [0.05, 0.1) is 4.92 Å². The minimum atomic E-state index is -0.565. The predicted molar refractivity (Wildman–Crippen MR) is 48.7 cm³/mol. The summed E-state index contributed by atoms with van der Waals surface area (Å²) in [6.45, 7) is 0. The van der Waals surface area contributed by atoms with Crippen molar-refractivity contribution < 1.29 is 9.82 Å². The SMILES string of the molecule is O=[N+]([O-])c1ccc(C[PH2+]O)cc1. The zero-order valence-electron chi connectivity index (χ0n) is 6.30. The maximum atomic E-state index is 10.2. The largest absolute Gasteiger partial charge is 0.269 e. The monoisotopic (exact) mass is 186 g/mol. The lowest BCUT2D eigenvalue weighted by molar-refractivity contribution is -0.384. The fourth-order valence-corrected chi connectivity index (χ4v) is 1.34. The van der Waals surface area contributed by atoms with Crippen LogP contribution < -0.4 is 0 Å². The van der Waals surface area contributed by atoms with Crippen molar-refractivity contribution in [3.05, 3.63) is 39.9 Å². The average Bonchev–Trinajstić information content (AvgIpc) is 2.06. The molecule has 0 bridgehead atoms. The Labute approximate surface area is 71.2 Å². The second kappa shape index (κ2) is 4.14. The Kier molecular flexibility index (Phi) is 3.14. The van der Waals surface area contributed by atoms with Crippen LogP contribution in [0.15, 0.2) is 24.3 Å². The average molecular weight is 186 g/mol. The van der Waals surface area contributed by atoms with E-state index in [0.29, 0.717) is 6.16 Å². The second-order valence-corrected chi connectivity index (χ2v) is 3.08. The predicted octanol–water partition coefficient (Wildman–Crippen LogP) is 1.41. The van der Waals surface area contributed by atoms with Crippen LogP contribution in [0.2, 0.25) is 0 Å². The highest BCUT2D eigenvalue weighted by molar-refractivity contribution is 7.30. The number of hydrogen-bond donors (Lipinski definition) is 1. The summed E-state index contributed by atoms with van der Waals surface area (Å²) in [5.41, 5.74) is 1.03. The number of rotatable bonds is 3. The first-order valence-electron chi connectivity index (χ1n) is 3.43. The Morgan fingerprint density at radius 3 is 2.42 bits per heavy atom. The van der Waals surface area contributed by atoms with Gasteiger partial charge in [0.15, 0.2) is 0 Å². The zero-order chi connectivity index (χ0) is 8.97. The van der Waals surface area contributed by atoms with Gasteiger partial charge < -0.3 is 0 Å². The molecule has 0 saturated heterocycles. The van der Waals surface area contributed by atoms with Crippen LogP contribution in [0.1, 0.15) is 5.56 Å². The highest BCUT2D eigenvalue weighted by Gasteiger charge is 2.03. The van der Waals surface area contributed by atoms with Crippen molar-refractivity contribution >= 4 is 14.5 Å². The number of non-ortho nitro benzene ring substituents is 1. The van der Waals surface area contributed by atoms with Crippen LogP contribution in [0.5, 0.6) is 0 Å². The standard InChI is InChI=1S/C7H8NO3P/c9-8(10)7-3-1-6(2-4-7)5-12-11/h1-4,11-12H,5H2/p+1. The van der Waals surface area contributed by atoms with E-state index < -0.39 is 13.7 Å². The van der Waals surface area contributed by atoms with Crippen molar-refractivity contribution in [2.24, 2.45) is 0 Å². The van der Waals surface area contributed by atoms with Crippen LogP contribution in [-0.2, 0) is 6.16 Å². The molecule has 1 N–H and O–H groups in total. The van der Waals surface area contributed by atoms with Crippen molar-refractivity contribution in [3.8, 4) is 0 Å². The Bertz CT molecular complexity index is 272. The van der Waals surface area contributed by atoms with Gasteiger partial charge in [-0.15, -0.1) is 0 Å². The highest BCUT2D eigenvalue weighted by atomic mass is 31.1. The van der Waals surface area contributed by atoms with Crippen LogP contribution in [0, 0.1) is 10.1 Å². The van der Waals surface area contributed by atoms with Gasteiger partial charge in [-0.1, -0.05) is 0 Å². The fourth-order valence-electron chi connectivity index (χ4n) is 0.859. The lowest BCUT2D eigenvalue weighted by Gasteiger charge is -1.93. The minimum Gasteiger partial charge on any atom is -0.258 e. The lowest BCUT2D eigenvalue weighted by Crippen LogP contribution is -1.87. The highest BCUT2D eigenvalue weighted by Crippen LogP contribution is 2.17. The maximum absolute atomic E-state index is 10.2. The smallest absolute Gasteiger partial charge is 0.258 e. The van der Waals surface area contributed by atoms with Crippen LogP contribution in [0.3, 0.4) is 0 Å². The summed E-state index contributed by atoms with van der Waals surface area (Å²) in [6.07, 6.45) is 0.623. The lowest BCUT2D eigenvalue weighted by atomic mass is 10.2. The molecule has 0 aliphatic carbocycles. The third kappa shape index (κ3) is 2.26. The first-order chi connectivity index (χ1) is 5.74. The zero-order valence-corrected chi connectivity index (χ0v) is 7.46. The van der Waals surface area contributed by atoms with Crippen molar-refractivity contribution in [2.75, 3.05) is 0 Å². The number of hydrogen-bond acceptors (Lipinski definition) is 3. The molecule has 1 atom stereocenters. The third-order valence-electron chi connectivity index (χ3n) is 1.47. The van der Waals surface area contributed by atoms with Gasteiger partial charge in [0.1, 0.15) is 15.0 Å². The number of nitro groups is 1. The Morgan fingerprint density at radius 2 is 2.00 bits per heavy atom. The van der Waals surface area contributed by atoms with E-state index in [1.807, 2.05) is 0 Å². The Balaban J connectivity index is 2.78. The van der Waals surface area contributed by atoms with Gasteiger partial charge in [0.2, 0.25) is 0 Å². The summed E-state index contributed by atoms with van der Waals surface area (Å²) < 4.78 is 0. The van der Waals surface area contributed by atoms with Gasteiger partial charge in [-0.3, -0.25) is 15.0 Å². The molecular weight excluding hydrogens is 177 g/mol. The van der Waals surface area contributed by atoms with Gasteiger partial charge >= 0.3 is 0 Å². The molecule has 5 heteroatoms. The molecule has 0 radical (unpaired) electrons. The molecule has 64 valence electrons. The van der Waals surface area contributed by atoms with Crippen molar-refractivity contribution in [2.45, 2.75) is 6.16 Å². The minimum absolute atomic E-state index is 0.0895. The molecule has 0 spiro atoms. The van der Waals surface area contributed by atoms with E-state index in [4.69, 9.17) is 4.89 Å². The molecule has 0 aliphatic heterocycles. The Morgan fingerprint density at radius 1 is 1.42 bits per heavy atom. The van der Waals surface area contributed by atoms with E-state index in [0.717, 1.165) is 5.56 Å². The molecule has 0 aromatic heterocycles. The quantitative estimate of drug-likeness (QED) is 0.441. The molecule has 0 amide bonds. The van der Waals surface area contributed by atoms with Crippen molar-refractivity contribution in [1.29, 1.82) is 0 Å². The second-order valence-electron chi connectivity index (χ2n) is 2.31. The van der Waals surface area contributed by atoms with E-state index in [9.17, 15) is 10.1 Å². The van der Waals surface area contributed by atoms with E-state index in [-0.39, 0.29) is 5.69 Å². The van der Waals surface area contributed by atoms with E-state index >= 15 is 0 Å². The number of nitro benzene ring substituents is 1. The molecular formula is C7H9NO3P+. The topological polar surface area (TPSA) is 63.4 Å². The molecule has 0 aliphatic rings. The van der Waals surface area contributed by atoms with Crippen LogP contribution in [-0.4, -0.2) is 9.82 Å². The summed E-state index contributed by atoms with van der Waals surface area (Å²) >= 11 is 0. The molecule has 1 aromatic carbocycles. The van der Waals surface area contributed by atoms with Crippen molar-refractivity contribution in [1.82, 2.24) is 0 Å². The summed E-state index contributed by atoms with van der Waals surface area (Å²) in [7, 11) is -0.565. The molecule has 1 unspecified atom stereocenters. The maximum Gasteiger partial charge on any atom is 0.269 e. The molecule has 1 rings (SSSR count). The van der Waals surface area contributed by atoms with E-state index in [1.165, 1.54) is 12.1 Å².